The molecule has 0 saturated carbocycles. The first-order valence-corrected chi connectivity index (χ1v) is 10.0. The first-order valence-electron chi connectivity index (χ1n) is 7.73. The summed E-state index contributed by atoms with van der Waals surface area (Å²) in [6, 6.07) is 1.76. The van der Waals surface area contributed by atoms with Gasteiger partial charge in [0.15, 0.2) is 0 Å². The molecule has 0 bridgehead atoms. The standard InChI is InChI=1S/C15H28N2O2S2/c1-5-7-8-9-13(4)17-21(18,19)15-10-12(3)14(20-15)11-16-6-2/h10,13,16-17H,5-9,11H2,1-4H3. The van der Waals surface area contributed by atoms with Crippen LogP contribution in [0.4, 0.5) is 0 Å². The summed E-state index contributed by atoms with van der Waals surface area (Å²) in [6.07, 6.45) is 4.26. The smallest absolute Gasteiger partial charge is 0.250 e. The van der Waals surface area contributed by atoms with E-state index in [1.54, 1.807) is 6.07 Å². The van der Waals surface area contributed by atoms with Gasteiger partial charge in [-0.05, 0) is 38.4 Å². The Balaban J connectivity index is 2.69. The Hall–Kier alpha value is -0.430. The molecule has 0 amide bonds. The van der Waals surface area contributed by atoms with Gasteiger partial charge in [-0.3, -0.25) is 0 Å². The van der Waals surface area contributed by atoms with Crippen molar-refractivity contribution in [2.24, 2.45) is 0 Å². The van der Waals surface area contributed by atoms with Crippen LogP contribution >= 0.6 is 11.3 Å². The lowest BCUT2D eigenvalue weighted by Crippen LogP contribution is -2.32. The summed E-state index contributed by atoms with van der Waals surface area (Å²) >= 11 is 1.36. The van der Waals surface area contributed by atoms with Gasteiger partial charge in [-0.15, -0.1) is 11.3 Å². The molecule has 0 aliphatic heterocycles. The number of thiophene rings is 1. The van der Waals surface area contributed by atoms with Crippen LogP contribution in [0.25, 0.3) is 0 Å². The Kier molecular flexibility index (Phi) is 7.87. The number of hydrogen-bond acceptors (Lipinski definition) is 4. The largest absolute Gasteiger partial charge is 0.312 e. The van der Waals surface area contributed by atoms with Crippen LogP contribution in [0.5, 0.6) is 0 Å². The topological polar surface area (TPSA) is 58.2 Å². The van der Waals surface area contributed by atoms with E-state index in [-0.39, 0.29) is 6.04 Å². The molecule has 1 atom stereocenters. The predicted molar refractivity (Wildman–Crippen MR) is 90.4 cm³/mol. The average molecular weight is 333 g/mol. The summed E-state index contributed by atoms with van der Waals surface area (Å²) in [4.78, 5) is 1.09. The maximum Gasteiger partial charge on any atom is 0.250 e. The zero-order chi connectivity index (χ0) is 15.9. The maximum atomic E-state index is 12.4. The Morgan fingerprint density at radius 3 is 2.62 bits per heavy atom. The highest BCUT2D eigenvalue weighted by Gasteiger charge is 2.20. The third-order valence-electron chi connectivity index (χ3n) is 3.40. The van der Waals surface area contributed by atoms with Crippen LogP contribution in [0.3, 0.4) is 0 Å². The van der Waals surface area contributed by atoms with E-state index < -0.39 is 10.0 Å². The molecule has 21 heavy (non-hydrogen) atoms. The van der Waals surface area contributed by atoms with Crippen LogP contribution in [0, 0.1) is 6.92 Å². The van der Waals surface area contributed by atoms with Crippen LogP contribution in [-0.2, 0) is 16.6 Å². The molecule has 0 fully saturated rings. The fourth-order valence-corrected chi connectivity index (χ4v) is 4.97. The summed E-state index contributed by atoms with van der Waals surface area (Å²) in [6.45, 7) is 9.70. The lowest BCUT2D eigenvalue weighted by molar-refractivity contribution is 0.528. The van der Waals surface area contributed by atoms with Gasteiger partial charge in [-0.2, -0.15) is 0 Å². The quantitative estimate of drug-likeness (QED) is 0.646. The monoisotopic (exact) mass is 332 g/mol. The highest BCUT2D eigenvalue weighted by atomic mass is 32.2. The predicted octanol–water partition coefficient (Wildman–Crippen LogP) is 3.41. The molecule has 1 heterocycles. The SMILES string of the molecule is CCCCCC(C)NS(=O)(=O)c1cc(C)c(CNCC)s1. The van der Waals surface area contributed by atoms with E-state index in [2.05, 4.69) is 17.0 Å². The van der Waals surface area contributed by atoms with Crippen LogP contribution in [0.1, 0.15) is 56.9 Å². The molecule has 1 rings (SSSR count). The van der Waals surface area contributed by atoms with E-state index >= 15 is 0 Å². The van der Waals surface area contributed by atoms with Gasteiger partial charge in [0.1, 0.15) is 4.21 Å². The molecule has 1 aromatic heterocycles. The first kappa shape index (κ1) is 18.6. The number of unbranched alkanes of at least 4 members (excludes halogenated alkanes) is 2. The van der Waals surface area contributed by atoms with Gasteiger partial charge in [0.25, 0.3) is 0 Å². The minimum Gasteiger partial charge on any atom is -0.312 e. The summed E-state index contributed by atoms with van der Waals surface area (Å²) in [7, 11) is -3.38. The van der Waals surface area contributed by atoms with Crippen molar-refractivity contribution in [2.45, 2.75) is 70.2 Å². The molecule has 0 spiro atoms. The van der Waals surface area contributed by atoms with Gasteiger partial charge in [0, 0.05) is 17.5 Å². The Morgan fingerprint density at radius 1 is 1.29 bits per heavy atom. The maximum absolute atomic E-state index is 12.4. The van der Waals surface area contributed by atoms with Gasteiger partial charge in [-0.25, -0.2) is 13.1 Å². The molecule has 1 aromatic rings. The first-order chi connectivity index (χ1) is 9.90. The van der Waals surface area contributed by atoms with E-state index in [1.165, 1.54) is 11.3 Å². The molecule has 1 unspecified atom stereocenters. The number of hydrogen-bond donors (Lipinski definition) is 2. The van der Waals surface area contributed by atoms with Gasteiger partial charge < -0.3 is 5.32 Å². The number of rotatable bonds is 10. The van der Waals surface area contributed by atoms with E-state index in [0.29, 0.717) is 4.21 Å². The van der Waals surface area contributed by atoms with Crippen molar-refractivity contribution < 1.29 is 8.42 Å². The molecule has 0 aromatic carbocycles. The van der Waals surface area contributed by atoms with Crippen molar-refractivity contribution >= 4 is 21.4 Å². The second-order valence-corrected chi connectivity index (χ2v) is 8.55. The number of sulfonamides is 1. The van der Waals surface area contributed by atoms with Crippen molar-refractivity contribution in [2.75, 3.05) is 6.54 Å². The van der Waals surface area contributed by atoms with Crippen molar-refractivity contribution in [3.63, 3.8) is 0 Å². The molecule has 122 valence electrons. The van der Waals surface area contributed by atoms with Crippen molar-refractivity contribution in [3.05, 3.63) is 16.5 Å². The molecular weight excluding hydrogens is 304 g/mol. The van der Waals surface area contributed by atoms with Crippen LogP contribution in [0.2, 0.25) is 0 Å². The minimum absolute atomic E-state index is 0.0128. The molecule has 0 aliphatic rings. The second-order valence-electron chi connectivity index (χ2n) is 5.47. The third-order valence-corrected chi connectivity index (χ3v) is 6.70. The van der Waals surface area contributed by atoms with Gasteiger partial charge in [0.2, 0.25) is 10.0 Å². The highest BCUT2D eigenvalue weighted by Crippen LogP contribution is 2.26. The lowest BCUT2D eigenvalue weighted by atomic mass is 10.1. The van der Waals surface area contributed by atoms with Crippen molar-refractivity contribution in [1.29, 1.82) is 0 Å². The van der Waals surface area contributed by atoms with E-state index in [9.17, 15) is 8.42 Å². The summed E-state index contributed by atoms with van der Waals surface area (Å²) < 4.78 is 28.0. The third kappa shape index (κ3) is 6.06. The Bertz CT molecular complexity index is 524. The van der Waals surface area contributed by atoms with Crippen molar-refractivity contribution in [3.8, 4) is 0 Å². The summed E-state index contributed by atoms with van der Waals surface area (Å²) in [5, 5.41) is 3.24. The Labute approximate surface area is 133 Å². The zero-order valence-electron chi connectivity index (χ0n) is 13.5. The zero-order valence-corrected chi connectivity index (χ0v) is 15.2. The van der Waals surface area contributed by atoms with Gasteiger partial charge in [-0.1, -0.05) is 33.1 Å². The molecule has 0 saturated heterocycles. The second kappa shape index (κ2) is 8.88. The van der Waals surface area contributed by atoms with E-state index in [4.69, 9.17) is 0 Å². The van der Waals surface area contributed by atoms with Crippen molar-refractivity contribution in [1.82, 2.24) is 10.0 Å². The van der Waals surface area contributed by atoms with Crippen LogP contribution in [0.15, 0.2) is 10.3 Å². The van der Waals surface area contributed by atoms with Gasteiger partial charge in [0.05, 0.1) is 0 Å². The van der Waals surface area contributed by atoms with E-state index in [0.717, 1.165) is 49.2 Å². The van der Waals surface area contributed by atoms with Gasteiger partial charge >= 0.3 is 0 Å². The molecule has 2 N–H and O–H groups in total. The Morgan fingerprint density at radius 2 is 2.00 bits per heavy atom. The summed E-state index contributed by atoms with van der Waals surface area (Å²) in [5.41, 5.74) is 1.04. The molecular formula is C15H28N2O2S2. The summed E-state index contributed by atoms with van der Waals surface area (Å²) in [5.74, 6) is 0. The van der Waals surface area contributed by atoms with E-state index in [1.807, 2.05) is 20.8 Å². The minimum atomic E-state index is -3.38. The fourth-order valence-electron chi connectivity index (χ4n) is 2.12. The van der Waals surface area contributed by atoms with Crippen LogP contribution in [-0.4, -0.2) is 21.0 Å². The molecule has 6 heteroatoms. The molecule has 0 radical (unpaired) electrons. The lowest BCUT2D eigenvalue weighted by Gasteiger charge is -2.12. The number of aryl methyl sites for hydroxylation is 1. The number of nitrogens with one attached hydrogen (secondary N) is 2. The average Bonchev–Trinajstić information content (AvgIpc) is 2.78. The fraction of sp³-hybridized carbons (Fsp3) is 0.733. The molecule has 0 aliphatic carbocycles. The highest BCUT2D eigenvalue weighted by molar-refractivity contribution is 7.91. The molecule has 4 nitrogen and oxygen atoms in total. The normalized spacial score (nSPS) is 13.5. The van der Waals surface area contributed by atoms with Crippen LogP contribution < -0.4 is 10.0 Å².